The van der Waals surface area contributed by atoms with E-state index >= 15 is 0 Å². The lowest BCUT2D eigenvalue weighted by Crippen LogP contribution is -2.49. The molecule has 0 fully saturated rings. The summed E-state index contributed by atoms with van der Waals surface area (Å²) in [4.78, 5) is 41.6. The summed E-state index contributed by atoms with van der Waals surface area (Å²) in [5.41, 5.74) is 8.33. The molecule has 4 rings (SSSR count). The predicted octanol–water partition coefficient (Wildman–Crippen LogP) is 3.09. The van der Waals surface area contributed by atoms with Gasteiger partial charge in [0.1, 0.15) is 11.8 Å². The van der Waals surface area contributed by atoms with E-state index in [2.05, 4.69) is 26.3 Å². The van der Waals surface area contributed by atoms with Crippen molar-refractivity contribution >= 4 is 52.6 Å². The normalized spacial score (nSPS) is 14.8. The fraction of sp³-hybridized carbons (Fsp3) is 0.207. The maximum atomic E-state index is 13.0. The maximum Gasteiger partial charge on any atom is 0.328 e. The Labute approximate surface area is 256 Å². The Bertz CT molecular complexity index is 1570. The highest BCUT2D eigenvalue weighted by molar-refractivity contribution is 6.40. The van der Waals surface area contributed by atoms with E-state index in [1.54, 1.807) is 36.5 Å². The van der Waals surface area contributed by atoms with Crippen molar-refractivity contribution in [2.75, 3.05) is 19.7 Å². The van der Waals surface area contributed by atoms with Crippen LogP contribution in [-0.2, 0) is 9.59 Å². The minimum Gasteiger partial charge on any atom is -0.493 e. The molecule has 0 spiro atoms. The first-order chi connectivity index (χ1) is 20.7. The zero-order valence-corrected chi connectivity index (χ0v) is 24.1. The number of nitrogens with two attached hydrogens (primary N) is 1. The molecule has 1 heterocycles. The summed E-state index contributed by atoms with van der Waals surface area (Å²) in [6.07, 6.45) is 2.24. The summed E-state index contributed by atoms with van der Waals surface area (Å²) < 4.78 is 5.68. The minimum absolute atomic E-state index is 0.0517. The van der Waals surface area contributed by atoms with Crippen molar-refractivity contribution in [3.8, 4) is 23.1 Å². The lowest BCUT2D eigenvalue weighted by atomic mass is 10.00. The van der Waals surface area contributed by atoms with E-state index in [1.165, 1.54) is 0 Å². The Morgan fingerprint density at radius 2 is 1.81 bits per heavy atom. The van der Waals surface area contributed by atoms with Gasteiger partial charge in [-0.05, 0) is 41.5 Å². The number of carbonyl (C=O) groups excluding carboxylic acids is 2. The van der Waals surface area contributed by atoms with Crippen LogP contribution < -0.4 is 31.7 Å². The number of nitrogens with zero attached hydrogens (tertiary/aromatic N) is 2. The number of hydrogen-bond acceptors (Lipinski definition) is 7. The number of fused-ring (bicyclic) bond motifs is 1. The molecule has 2 amide bonds. The molecule has 3 aromatic carbocycles. The molecule has 0 aliphatic carbocycles. The molecular formula is C29H27Cl2N7O5. The van der Waals surface area contributed by atoms with Gasteiger partial charge in [-0.2, -0.15) is 5.26 Å². The molecule has 0 bridgehead atoms. The number of rotatable bonds is 10. The second-order valence-corrected chi connectivity index (χ2v) is 10.2. The number of aliphatic imine (C=N–C) groups is 1. The number of nitriles is 1. The average Bonchev–Trinajstić information content (AvgIpc) is 2.98. The molecular weight excluding hydrogens is 597 g/mol. The summed E-state index contributed by atoms with van der Waals surface area (Å²) in [5.74, 6) is -2.10. The Morgan fingerprint density at radius 3 is 2.49 bits per heavy atom. The minimum atomic E-state index is -1.45. The predicted molar refractivity (Wildman–Crippen MR) is 161 cm³/mol. The van der Waals surface area contributed by atoms with Gasteiger partial charge in [0.2, 0.25) is 11.9 Å². The van der Waals surface area contributed by atoms with Gasteiger partial charge in [0, 0.05) is 24.6 Å². The Hall–Kier alpha value is -4.83. The van der Waals surface area contributed by atoms with Gasteiger partial charge in [-0.25, -0.2) is 9.79 Å². The highest BCUT2D eigenvalue weighted by atomic mass is 35.5. The largest absolute Gasteiger partial charge is 0.493 e. The first-order valence-electron chi connectivity index (χ1n) is 13.0. The highest BCUT2D eigenvalue weighted by Gasteiger charge is 2.26. The number of amides is 2. The molecule has 1 unspecified atom stereocenters. The molecule has 0 aromatic heterocycles. The first kappa shape index (κ1) is 31.1. The number of nitrogens with one attached hydrogen (secondary N) is 4. The molecule has 0 saturated carbocycles. The van der Waals surface area contributed by atoms with Gasteiger partial charge in [0.25, 0.3) is 5.91 Å². The molecule has 0 saturated heterocycles. The summed E-state index contributed by atoms with van der Waals surface area (Å²) in [7, 11) is 0. The van der Waals surface area contributed by atoms with E-state index < -0.39 is 23.8 Å². The summed E-state index contributed by atoms with van der Waals surface area (Å²) in [5, 5.41) is 28.7. The lowest BCUT2D eigenvalue weighted by molar-refractivity contribution is -0.139. The van der Waals surface area contributed by atoms with E-state index in [1.807, 2.05) is 30.3 Å². The number of carboxylic acids is 1. The lowest BCUT2D eigenvalue weighted by Gasteiger charge is -2.27. The van der Waals surface area contributed by atoms with E-state index in [4.69, 9.17) is 38.9 Å². The summed E-state index contributed by atoms with van der Waals surface area (Å²) in [6, 6.07) is 15.8. The number of benzene rings is 3. The van der Waals surface area contributed by atoms with Gasteiger partial charge in [0.15, 0.2) is 6.19 Å². The van der Waals surface area contributed by atoms with Crippen LogP contribution in [-0.4, -0.2) is 54.6 Å². The first-order valence-corrected chi connectivity index (χ1v) is 13.8. The second kappa shape index (κ2) is 14.4. The molecule has 14 heteroatoms. The van der Waals surface area contributed by atoms with Crippen LogP contribution in [0.2, 0.25) is 10.0 Å². The number of carbonyl (C=O) groups is 3. The molecule has 1 aliphatic heterocycles. The zero-order valence-electron chi connectivity index (χ0n) is 22.6. The topological polar surface area (TPSA) is 191 Å². The Morgan fingerprint density at radius 1 is 1.09 bits per heavy atom. The molecule has 3 aromatic rings. The number of hydrogen-bond donors (Lipinski definition) is 6. The van der Waals surface area contributed by atoms with E-state index in [-0.39, 0.29) is 40.7 Å². The van der Waals surface area contributed by atoms with Crippen LogP contribution in [0.4, 0.5) is 5.69 Å². The van der Waals surface area contributed by atoms with Gasteiger partial charge in [-0.3, -0.25) is 14.9 Å². The summed E-state index contributed by atoms with van der Waals surface area (Å²) >= 11 is 12.7. The number of ether oxygens (including phenoxy) is 1. The van der Waals surface area contributed by atoms with Crippen LogP contribution in [0.15, 0.2) is 65.7 Å². The maximum absolute atomic E-state index is 13.0. The fourth-order valence-corrected chi connectivity index (χ4v) is 5.06. The molecule has 12 nitrogen and oxygen atoms in total. The molecule has 1 aliphatic rings. The van der Waals surface area contributed by atoms with Crippen molar-refractivity contribution in [1.29, 1.82) is 5.26 Å². The third-order valence-electron chi connectivity index (χ3n) is 6.46. The number of aliphatic carboxylic acids is 1. The van der Waals surface area contributed by atoms with Crippen LogP contribution in [0.25, 0.3) is 11.1 Å². The molecule has 222 valence electrons. The van der Waals surface area contributed by atoms with Crippen molar-refractivity contribution in [3.63, 3.8) is 0 Å². The van der Waals surface area contributed by atoms with Gasteiger partial charge >= 0.3 is 5.97 Å². The number of halogens is 2. The van der Waals surface area contributed by atoms with Crippen molar-refractivity contribution in [3.05, 3.63) is 81.8 Å². The smallest absolute Gasteiger partial charge is 0.328 e. The van der Waals surface area contributed by atoms with Crippen LogP contribution in [0, 0.1) is 11.5 Å². The highest BCUT2D eigenvalue weighted by Crippen LogP contribution is 2.35. The van der Waals surface area contributed by atoms with E-state index in [9.17, 15) is 19.5 Å². The quantitative estimate of drug-likeness (QED) is 0.0852. The zero-order chi connectivity index (χ0) is 30.9. The van der Waals surface area contributed by atoms with Crippen molar-refractivity contribution in [2.24, 2.45) is 10.7 Å². The second-order valence-electron chi connectivity index (χ2n) is 9.38. The van der Waals surface area contributed by atoms with Crippen LogP contribution in [0.3, 0.4) is 0 Å². The Kier molecular flexibility index (Phi) is 10.4. The molecule has 7 N–H and O–H groups in total. The van der Waals surface area contributed by atoms with E-state index in [0.717, 1.165) is 11.1 Å². The van der Waals surface area contributed by atoms with Crippen LogP contribution in [0.1, 0.15) is 28.4 Å². The van der Waals surface area contributed by atoms with Crippen LogP contribution >= 0.6 is 23.2 Å². The fourth-order valence-electron chi connectivity index (χ4n) is 4.40. The number of guanidine groups is 1. The number of carboxylic acid groups (broad SMARTS) is 1. The monoisotopic (exact) mass is 623 g/mol. The third-order valence-corrected chi connectivity index (χ3v) is 7.05. The standard InChI is InChI=1S/C29H27Cl2N7O5/c30-20-10-17(16-4-2-1-3-5-16)11-21(31)26(20)27(40)38-23(28(41)42)13-35-25(39)14-34-22-8-9-43-24-7-6-18(12-19(22)24)37-29(33)36-15-32/h1-7,10-12,22-23,34H,8-9,13-14H2,(H,35,39)(H,38,40)(H,41,42)(H3,33,36,37)/t22?,23-/m0/s1. The van der Waals surface area contributed by atoms with Crippen molar-refractivity contribution in [1.82, 2.24) is 21.3 Å². The Balaban J connectivity index is 1.35. The molecule has 43 heavy (non-hydrogen) atoms. The SMILES string of the molecule is N#CNC(N)=Nc1ccc2c(c1)C(NCC(=O)NC[C@H](NC(=O)c1c(Cl)cc(-c3ccccc3)cc1Cl)C(=O)O)CCO2. The summed E-state index contributed by atoms with van der Waals surface area (Å²) in [6.45, 7) is -0.112. The van der Waals surface area contributed by atoms with Gasteiger partial charge in [-0.15, -0.1) is 0 Å². The van der Waals surface area contributed by atoms with Crippen molar-refractivity contribution < 1.29 is 24.2 Å². The van der Waals surface area contributed by atoms with Gasteiger partial charge < -0.3 is 31.5 Å². The van der Waals surface area contributed by atoms with Gasteiger partial charge in [-0.1, -0.05) is 53.5 Å². The van der Waals surface area contributed by atoms with E-state index in [0.29, 0.717) is 30.0 Å². The van der Waals surface area contributed by atoms with Crippen molar-refractivity contribution in [2.45, 2.75) is 18.5 Å². The molecule has 2 atom stereocenters. The van der Waals surface area contributed by atoms with Crippen LogP contribution in [0.5, 0.6) is 5.75 Å². The average molecular weight is 624 g/mol. The third kappa shape index (κ3) is 8.14. The molecule has 0 radical (unpaired) electrons. The van der Waals surface area contributed by atoms with Gasteiger partial charge in [0.05, 0.1) is 34.4 Å².